The summed E-state index contributed by atoms with van der Waals surface area (Å²) in [6.45, 7) is 10.2. The molecular formula is C27H38O2. The van der Waals surface area contributed by atoms with Crippen LogP contribution >= 0.6 is 0 Å². The summed E-state index contributed by atoms with van der Waals surface area (Å²) in [5.41, 5.74) is 4.30. The van der Waals surface area contributed by atoms with Gasteiger partial charge in [-0.1, -0.05) is 33.8 Å². The first kappa shape index (κ1) is 19.6. The van der Waals surface area contributed by atoms with Crippen molar-refractivity contribution in [1.29, 1.82) is 0 Å². The van der Waals surface area contributed by atoms with Crippen LogP contribution in [0.25, 0.3) is 0 Å². The van der Waals surface area contributed by atoms with Gasteiger partial charge in [0.05, 0.1) is 7.11 Å². The summed E-state index contributed by atoms with van der Waals surface area (Å²) >= 11 is 0. The topological polar surface area (TPSA) is 26.3 Å². The molecule has 0 N–H and O–H groups in total. The van der Waals surface area contributed by atoms with Crippen LogP contribution in [0.2, 0.25) is 0 Å². The first-order valence-electron chi connectivity index (χ1n) is 11.9. The van der Waals surface area contributed by atoms with E-state index >= 15 is 0 Å². The minimum Gasteiger partial charge on any atom is -0.497 e. The van der Waals surface area contributed by atoms with Gasteiger partial charge in [-0.2, -0.15) is 0 Å². The van der Waals surface area contributed by atoms with E-state index in [1.54, 1.807) is 12.7 Å². The molecule has 4 aliphatic rings. The Morgan fingerprint density at radius 2 is 1.62 bits per heavy atom. The number of Topliss-reactive ketones (excluding diaryl/α,β-unsaturated/α-hetero) is 1. The molecule has 0 bridgehead atoms. The molecule has 158 valence electrons. The quantitative estimate of drug-likeness (QED) is 0.544. The Labute approximate surface area is 176 Å². The number of benzene rings is 1. The number of carbonyl (C=O) groups excluding carboxylic acids is 1. The molecule has 0 heterocycles. The molecule has 5 rings (SSSR count). The summed E-state index contributed by atoms with van der Waals surface area (Å²) in [6, 6.07) is 6.81. The normalized spacial score (nSPS) is 46.2. The molecule has 29 heavy (non-hydrogen) atoms. The average molecular weight is 395 g/mol. The van der Waals surface area contributed by atoms with Crippen molar-refractivity contribution in [2.24, 2.45) is 28.1 Å². The van der Waals surface area contributed by atoms with Gasteiger partial charge in [-0.05, 0) is 102 Å². The van der Waals surface area contributed by atoms with Crippen LogP contribution in [-0.2, 0) is 16.6 Å². The molecule has 0 spiro atoms. The third-order valence-corrected chi connectivity index (χ3v) is 10.9. The van der Waals surface area contributed by atoms with Gasteiger partial charge in [0.25, 0.3) is 0 Å². The highest BCUT2D eigenvalue weighted by Crippen LogP contribution is 2.74. The second-order valence-corrected chi connectivity index (χ2v) is 11.8. The summed E-state index contributed by atoms with van der Waals surface area (Å²) in [6.07, 6.45) is 10.4. The largest absolute Gasteiger partial charge is 0.497 e. The van der Waals surface area contributed by atoms with Crippen molar-refractivity contribution in [2.45, 2.75) is 90.9 Å². The van der Waals surface area contributed by atoms with Crippen LogP contribution in [0.1, 0.15) is 90.2 Å². The van der Waals surface area contributed by atoms with E-state index in [1.165, 1.54) is 44.1 Å². The summed E-state index contributed by atoms with van der Waals surface area (Å²) in [5, 5.41) is 0. The standard InChI is InChI=1S/C27H38O2/c1-24-11-10-19(28)17-23(24)27(4)15-13-25(2)21-8-7-20(29-5)16-18(21)6-9-22(25)26(27,3)14-12-24/h7-8,16,22-23H,6,9-15,17H2,1-5H3. The Kier molecular flexibility index (Phi) is 4.14. The molecular weight excluding hydrogens is 356 g/mol. The third-order valence-electron chi connectivity index (χ3n) is 10.9. The maximum atomic E-state index is 12.5. The lowest BCUT2D eigenvalue weighted by molar-refractivity contribution is -0.198. The molecule has 2 nitrogen and oxygen atoms in total. The molecule has 6 atom stereocenters. The average Bonchev–Trinajstić information content (AvgIpc) is 2.71. The first-order chi connectivity index (χ1) is 13.7. The fraction of sp³-hybridized carbons (Fsp3) is 0.741. The monoisotopic (exact) mass is 394 g/mol. The van der Waals surface area contributed by atoms with Crippen LogP contribution in [0, 0.1) is 28.1 Å². The third kappa shape index (κ3) is 2.44. The molecule has 1 aromatic rings. The SMILES string of the molecule is COc1ccc2c(c1)CCC1C2(C)CCC2(C)C3CC(=O)CCC3(C)CCC12C. The number of fused-ring (bicyclic) bond motifs is 7. The van der Waals surface area contributed by atoms with Gasteiger partial charge >= 0.3 is 0 Å². The Bertz CT molecular complexity index is 858. The molecule has 2 heteroatoms. The zero-order valence-corrected chi connectivity index (χ0v) is 19.1. The van der Waals surface area contributed by atoms with E-state index in [9.17, 15) is 4.79 Å². The molecule has 6 unspecified atom stereocenters. The lowest BCUT2D eigenvalue weighted by atomic mass is 9.33. The predicted octanol–water partition coefficient (Wildman–Crippen LogP) is 6.49. The van der Waals surface area contributed by atoms with Crippen LogP contribution < -0.4 is 4.74 Å². The zero-order chi connectivity index (χ0) is 20.7. The van der Waals surface area contributed by atoms with E-state index in [4.69, 9.17) is 4.74 Å². The van der Waals surface area contributed by atoms with Crippen molar-refractivity contribution in [2.75, 3.05) is 7.11 Å². The molecule has 0 aromatic heterocycles. The van der Waals surface area contributed by atoms with Crippen molar-refractivity contribution in [1.82, 2.24) is 0 Å². The highest BCUT2D eigenvalue weighted by Gasteiger charge is 2.67. The van der Waals surface area contributed by atoms with Gasteiger partial charge in [0.2, 0.25) is 0 Å². The Morgan fingerprint density at radius 1 is 0.897 bits per heavy atom. The molecule has 0 saturated heterocycles. The maximum absolute atomic E-state index is 12.5. The maximum Gasteiger partial charge on any atom is 0.133 e. The summed E-state index contributed by atoms with van der Waals surface area (Å²) in [5.74, 6) is 2.78. The second-order valence-electron chi connectivity index (χ2n) is 11.8. The summed E-state index contributed by atoms with van der Waals surface area (Å²) < 4.78 is 5.52. The predicted molar refractivity (Wildman–Crippen MR) is 117 cm³/mol. The number of hydrogen-bond acceptors (Lipinski definition) is 2. The summed E-state index contributed by atoms with van der Waals surface area (Å²) in [7, 11) is 1.77. The fourth-order valence-electron chi connectivity index (χ4n) is 8.85. The second kappa shape index (κ2) is 6.11. The molecule has 1 aromatic carbocycles. The van der Waals surface area contributed by atoms with Crippen LogP contribution in [0.3, 0.4) is 0 Å². The van der Waals surface area contributed by atoms with Crippen LogP contribution in [0.15, 0.2) is 18.2 Å². The van der Waals surface area contributed by atoms with Gasteiger partial charge in [0, 0.05) is 12.8 Å². The Balaban J connectivity index is 1.58. The Morgan fingerprint density at radius 3 is 2.38 bits per heavy atom. The van der Waals surface area contributed by atoms with Gasteiger partial charge in [-0.15, -0.1) is 0 Å². The number of ketones is 1. The highest BCUT2D eigenvalue weighted by atomic mass is 16.5. The van der Waals surface area contributed by atoms with Gasteiger partial charge in [0.1, 0.15) is 11.5 Å². The van der Waals surface area contributed by atoms with E-state index in [2.05, 4.69) is 45.9 Å². The molecule has 0 radical (unpaired) electrons. The number of carbonyl (C=O) groups is 1. The molecule has 3 fully saturated rings. The van der Waals surface area contributed by atoms with Crippen LogP contribution in [0.5, 0.6) is 5.75 Å². The highest BCUT2D eigenvalue weighted by molar-refractivity contribution is 5.79. The molecule has 0 amide bonds. The number of rotatable bonds is 1. The van der Waals surface area contributed by atoms with Gasteiger partial charge in [-0.25, -0.2) is 0 Å². The van der Waals surface area contributed by atoms with E-state index in [0.29, 0.717) is 28.4 Å². The molecule has 4 aliphatic carbocycles. The fourth-order valence-corrected chi connectivity index (χ4v) is 8.85. The van der Waals surface area contributed by atoms with Gasteiger partial charge in [0.15, 0.2) is 0 Å². The van der Waals surface area contributed by atoms with Gasteiger partial charge < -0.3 is 4.74 Å². The van der Waals surface area contributed by atoms with E-state index in [-0.39, 0.29) is 10.8 Å². The zero-order valence-electron chi connectivity index (χ0n) is 19.1. The lowest BCUT2D eigenvalue weighted by Gasteiger charge is -2.71. The molecule has 0 aliphatic heterocycles. The molecule has 3 saturated carbocycles. The van der Waals surface area contributed by atoms with E-state index in [0.717, 1.165) is 25.0 Å². The number of aryl methyl sites for hydroxylation is 1. The number of hydrogen-bond donors (Lipinski definition) is 0. The van der Waals surface area contributed by atoms with Crippen molar-refractivity contribution < 1.29 is 9.53 Å². The smallest absolute Gasteiger partial charge is 0.133 e. The minimum atomic E-state index is 0.251. The van der Waals surface area contributed by atoms with Crippen LogP contribution in [-0.4, -0.2) is 12.9 Å². The van der Waals surface area contributed by atoms with Crippen molar-refractivity contribution >= 4 is 5.78 Å². The van der Waals surface area contributed by atoms with E-state index in [1.807, 2.05) is 0 Å². The van der Waals surface area contributed by atoms with Crippen molar-refractivity contribution in [3.8, 4) is 5.75 Å². The number of ether oxygens (including phenoxy) is 1. The van der Waals surface area contributed by atoms with E-state index < -0.39 is 0 Å². The van der Waals surface area contributed by atoms with Crippen molar-refractivity contribution in [3.63, 3.8) is 0 Å². The van der Waals surface area contributed by atoms with Crippen LogP contribution in [0.4, 0.5) is 0 Å². The van der Waals surface area contributed by atoms with Gasteiger partial charge in [-0.3, -0.25) is 4.79 Å². The lowest BCUT2D eigenvalue weighted by Crippen LogP contribution is -2.64. The summed E-state index contributed by atoms with van der Waals surface area (Å²) in [4.78, 5) is 12.5. The van der Waals surface area contributed by atoms with Crippen molar-refractivity contribution in [3.05, 3.63) is 29.3 Å². The minimum absolute atomic E-state index is 0.251. The number of methoxy groups -OCH3 is 1. The first-order valence-corrected chi connectivity index (χ1v) is 11.9. The Hall–Kier alpha value is -1.31.